The molecule has 0 spiro atoms. The van der Waals surface area contributed by atoms with E-state index in [4.69, 9.17) is 37.4 Å². The van der Waals surface area contributed by atoms with Crippen LogP contribution in [-0.4, -0.2) is 29.7 Å². The maximum absolute atomic E-state index is 13.9. The Balaban J connectivity index is 1.93. The molecule has 1 atom stereocenters. The average molecular weight is 604 g/mol. The molecule has 0 saturated carbocycles. The second kappa shape index (κ2) is 12.4. The zero-order valence-electron chi connectivity index (χ0n) is 22.6. The Morgan fingerprint density at radius 3 is 2.52 bits per heavy atom. The molecule has 2 heterocycles. The third-order valence-corrected chi connectivity index (χ3v) is 7.59. The first kappa shape index (κ1) is 29.6. The number of hydrogen-bond donors (Lipinski definition) is 0. The Kier molecular flexibility index (Phi) is 9.18. The number of nitrogens with zero attached hydrogens (tertiary/aromatic N) is 2. The van der Waals surface area contributed by atoms with Crippen LogP contribution in [0.4, 0.5) is 0 Å². The molecule has 0 bridgehead atoms. The maximum Gasteiger partial charge on any atom is 0.338 e. The summed E-state index contributed by atoms with van der Waals surface area (Å²) < 4.78 is 18.5. The Morgan fingerprint density at radius 2 is 1.88 bits per heavy atom. The van der Waals surface area contributed by atoms with Crippen LogP contribution >= 0.6 is 34.5 Å². The largest absolute Gasteiger partial charge is 0.490 e. The number of fused-ring (bicyclic) bond motifs is 1. The van der Waals surface area contributed by atoms with Crippen molar-refractivity contribution in [3.63, 3.8) is 0 Å². The highest BCUT2D eigenvalue weighted by atomic mass is 35.5. The number of carbonyl (C=O) groups is 2. The Labute approximate surface area is 245 Å². The molecule has 11 heteroatoms. The molecule has 1 aliphatic heterocycles. The molecular formula is C29H28Cl2N2O6S. The van der Waals surface area contributed by atoms with Crippen LogP contribution in [0.15, 0.2) is 57.5 Å². The molecule has 2 aromatic carbocycles. The van der Waals surface area contributed by atoms with E-state index in [1.807, 2.05) is 13.8 Å². The molecule has 0 amide bonds. The first-order valence-corrected chi connectivity index (χ1v) is 14.2. The van der Waals surface area contributed by atoms with Gasteiger partial charge in [-0.2, -0.15) is 0 Å². The van der Waals surface area contributed by atoms with E-state index < -0.39 is 18.0 Å². The second-order valence-electron chi connectivity index (χ2n) is 9.48. The zero-order chi connectivity index (χ0) is 29.1. The van der Waals surface area contributed by atoms with Crippen molar-refractivity contribution < 1.29 is 23.8 Å². The summed E-state index contributed by atoms with van der Waals surface area (Å²) in [6, 6.07) is 9.15. The number of rotatable bonds is 8. The van der Waals surface area contributed by atoms with E-state index in [9.17, 15) is 14.4 Å². The summed E-state index contributed by atoms with van der Waals surface area (Å²) in [5.74, 6) is -0.422. The topological polar surface area (TPSA) is 96.2 Å². The van der Waals surface area contributed by atoms with E-state index in [2.05, 4.69) is 4.99 Å². The van der Waals surface area contributed by atoms with Crippen molar-refractivity contribution in [3.05, 3.63) is 88.5 Å². The lowest BCUT2D eigenvalue weighted by atomic mass is 9.95. The summed E-state index contributed by atoms with van der Waals surface area (Å²) in [6.07, 6.45) is 1.70. The lowest BCUT2D eigenvalue weighted by Gasteiger charge is -2.25. The minimum Gasteiger partial charge on any atom is -0.490 e. The average Bonchev–Trinajstić information content (AvgIpc) is 3.19. The number of hydrogen-bond acceptors (Lipinski definition) is 8. The highest BCUT2D eigenvalue weighted by molar-refractivity contribution is 7.07. The molecule has 0 fully saturated rings. The van der Waals surface area contributed by atoms with E-state index in [1.165, 1.54) is 22.8 Å². The number of ether oxygens (including phenoxy) is 3. The van der Waals surface area contributed by atoms with Gasteiger partial charge in [0, 0.05) is 6.92 Å². The number of carbonyl (C=O) groups excluding carboxylic acids is 2. The third-order valence-electron chi connectivity index (χ3n) is 5.87. The van der Waals surface area contributed by atoms with Gasteiger partial charge in [-0.25, -0.2) is 9.79 Å². The van der Waals surface area contributed by atoms with Crippen LogP contribution in [0, 0.1) is 5.92 Å². The first-order chi connectivity index (χ1) is 19.0. The maximum atomic E-state index is 13.9. The molecule has 40 heavy (non-hydrogen) atoms. The second-order valence-corrected chi connectivity index (χ2v) is 11.3. The fourth-order valence-electron chi connectivity index (χ4n) is 4.17. The van der Waals surface area contributed by atoms with Gasteiger partial charge in [-0.1, -0.05) is 60.5 Å². The van der Waals surface area contributed by atoms with Gasteiger partial charge < -0.3 is 14.2 Å². The Bertz CT molecular complexity index is 1690. The van der Waals surface area contributed by atoms with E-state index >= 15 is 0 Å². The van der Waals surface area contributed by atoms with Crippen LogP contribution in [0.5, 0.6) is 11.5 Å². The molecule has 1 aromatic heterocycles. The monoisotopic (exact) mass is 602 g/mol. The number of thiazole rings is 1. The van der Waals surface area contributed by atoms with E-state index in [0.29, 0.717) is 48.6 Å². The molecule has 1 unspecified atom stereocenters. The first-order valence-electron chi connectivity index (χ1n) is 12.6. The molecule has 0 saturated heterocycles. The van der Waals surface area contributed by atoms with Crippen molar-refractivity contribution in [1.29, 1.82) is 0 Å². The summed E-state index contributed by atoms with van der Waals surface area (Å²) in [5.41, 5.74) is 1.57. The Hall–Kier alpha value is -3.40. The van der Waals surface area contributed by atoms with Gasteiger partial charge in [0.05, 0.1) is 45.1 Å². The predicted octanol–water partition coefficient (Wildman–Crippen LogP) is 5.07. The van der Waals surface area contributed by atoms with Crippen LogP contribution in [0.25, 0.3) is 6.08 Å². The smallest absolute Gasteiger partial charge is 0.338 e. The lowest BCUT2D eigenvalue weighted by Crippen LogP contribution is -2.40. The molecule has 4 rings (SSSR count). The Morgan fingerprint density at radius 1 is 1.12 bits per heavy atom. The number of esters is 2. The van der Waals surface area contributed by atoms with Gasteiger partial charge in [-0.15, -0.1) is 0 Å². The molecule has 0 radical (unpaired) electrons. The van der Waals surface area contributed by atoms with Crippen molar-refractivity contribution in [2.75, 3.05) is 13.2 Å². The van der Waals surface area contributed by atoms with Gasteiger partial charge in [0.2, 0.25) is 0 Å². The van der Waals surface area contributed by atoms with Crippen molar-refractivity contribution in [3.8, 4) is 11.5 Å². The molecular weight excluding hydrogens is 575 g/mol. The molecule has 3 aromatic rings. The van der Waals surface area contributed by atoms with Crippen LogP contribution in [-0.2, 0) is 14.3 Å². The fourth-order valence-corrected chi connectivity index (χ4v) is 5.53. The van der Waals surface area contributed by atoms with Crippen molar-refractivity contribution in [1.82, 2.24) is 4.57 Å². The summed E-state index contributed by atoms with van der Waals surface area (Å²) >= 11 is 13.4. The van der Waals surface area contributed by atoms with Crippen molar-refractivity contribution in [2.24, 2.45) is 10.9 Å². The normalized spacial score (nSPS) is 15.1. The zero-order valence-corrected chi connectivity index (χ0v) is 24.9. The van der Waals surface area contributed by atoms with Gasteiger partial charge >= 0.3 is 11.9 Å². The molecule has 1 aliphatic rings. The van der Waals surface area contributed by atoms with Crippen LogP contribution < -0.4 is 24.4 Å². The highest BCUT2D eigenvalue weighted by Gasteiger charge is 2.34. The summed E-state index contributed by atoms with van der Waals surface area (Å²) in [7, 11) is 0. The molecule has 210 valence electrons. The number of halogens is 2. The van der Waals surface area contributed by atoms with E-state index in [-0.39, 0.29) is 29.4 Å². The number of allylic oxidation sites excluding steroid dienone is 1. The van der Waals surface area contributed by atoms with Crippen molar-refractivity contribution in [2.45, 2.75) is 40.7 Å². The number of benzene rings is 2. The molecule has 0 N–H and O–H groups in total. The fraction of sp³-hybridized carbons (Fsp3) is 0.310. The minimum atomic E-state index is -0.863. The summed E-state index contributed by atoms with van der Waals surface area (Å²) in [5, 5.41) is 0.770. The standard InChI is InChI=1S/C29H28Cl2N2O6S/c1-6-37-23-13-19(8-10-22(23)39-17(5)34)26-25(28(36)38-14-15(2)3)16(4)32-29-33(26)27(35)24(40-29)12-18-7-9-20(30)21(31)11-18/h7-13,15,26H,6,14H2,1-5H3/b24-12+. The minimum absolute atomic E-state index is 0.114. The predicted molar refractivity (Wildman–Crippen MR) is 155 cm³/mol. The van der Waals surface area contributed by atoms with Gasteiger partial charge in [-0.05, 0) is 61.2 Å². The third kappa shape index (κ3) is 6.32. The SMILES string of the molecule is CCOc1cc(C2C(C(=O)OCC(C)C)=C(C)N=c3s/c(=C/c4ccc(Cl)c(Cl)c4)c(=O)n32)ccc1OC(C)=O. The summed E-state index contributed by atoms with van der Waals surface area (Å²) in [4.78, 5) is 44.0. The lowest BCUT2D eigenvalue weighted by molar-refractivity contribution is -0.140. The highest BCUT2D eigenvalue weighted by Crippen LogP contribution is 2.36. The van der Waals surface area contributed by atoms with Gasteiger partial charge in [0.1, 0.15) is 0 Å². The van der Waals surface area contributed by atoms with E-state index in [0.717, 1.165) is 0 Å². The quantitative estimate of drug-likeness (QED) is 0.264. The van der Waals surface area contributed by atoms with Gasteiger partial charge in [-0.3, -0.25) is 14.2 Å². The van der Waals surface area contributed by atoms with Gasteiger partial charge in [0.25, 0.3) is 5.56 Å². The van der Waals surface area contributed by atoms with Gasteiger partial charge in [0.15, 0.2) is 16.3 Å². The van der Waals surface area contributed by atoms with Crippen LogP contribution in [0.2, 0.25) is 10.0 Å². The summed E-state index contributed by atoms with van der Waals surface area (Å²) in [6.45, 7) is 9.20. The van der Waals surface area contributed by atoms with Crippen molar-refractivity contribution >= 4 is 52.6 Å². The number of aromatic nitrogens is 1. The van der Waals surface area contributed by atoms with E-state index in [1.54, 1.807) is 56.3 Å². The molecule has 0 aliphatic carbocycles. The molecule has 8 nitrogen and oxygen atoms in total. The van der Waals surface area contributed by atoms with Crippen LogP contribution in [0.1, 0.15) is 51.8 Å². The van der Waals surface area contributed by atoms with Crippen LogP contribution in [0.3, 0.4) is 0 Å².